The van der Waals surface area contributed by atoms with E-state index in [-0.39, 0.29) is 11.9 Å². The maximum atomic E-state index is 12.0. The van der Waals surface area contributed by atoms with Gasteiger partial charge in [-0.2, -0.15) is 0 Å². The van der Waals surface area contributed by atoms with Gasteiger partial charge in [0.2, 0.25) is 0 Å². The van der Waals surface area contributed by atoms with E-state index in [0.717, 1.165) is 32.7 Å². The van der Waals surface area contributed by atoms with Gasteiger partial charge >= 0.3 is 12.0 Å². The van der Waals surface area contributed by atoms with E-state index in [2.05, 4.69) is 15.5 Å². The van der Waals surface area contributed by atoms with Crippen molar-refractivity contribution < 1.29 is 14.7 Å². The van der Waals surface area contributed by atoms with E-state index in [4.69, 9.17) is 5.11 Å². The van der Waals surface area contributed by atoms with Crippen molar-refractivity contribution in [2.75, 3.05) is 52.4 Å². The van der Waals surface area contributed by atoms with Crippen molar-refractivity contribution in [2.24, 2.45) is 11.8 Å². The SMILES string of the molecule is CC1CN(C(=O)NCCN2CCNCC2)CC1C(=O)O. The number of aliphatic carboxylic acids is 1. The summed E-state index contributed by atoms with van der Waals surface area (Å²) >= 11 is 0. The minimum atomic E-state index is -0.811. The Morgan fingerprint density at radius 2 is 2.00 bits per heavy atom. The van der Waals surface area contributed by atoms with Crippen molar-refractivity contribution in [1.82, 2.24) is 20.4 Å². The van der Waals surface area contributed by atoms with Crippen molar-refractivity contribution in [2.45, 2.75) is 6.92 Å². The molecule has 2 saturated heterocycles. The smallest absolute Gasteiger partial charge is 0.317 e. The maximum absolute atomic E-state index is 12.0. The third kappa shape index (κ3) is 3.83. The first-order chi connectivity index (χ1) is 9.58. The summed E-state index contributed by atoms with van der Waals surface area (Å²) in [5.74, 6) is -1.23. The highest BCUT2D eigenvalue weighted by Gasteiger charge is 2.36. The summed E-state index contributed by atoms with van der Waals surface area (Å²) in [6, 6.07) is -0.143. The Kier molecular flexibility index (Phi) is 5.19. The van der Waals surface area contributed by atoms with Crippen molar-refractivity contribution in [3.05, 3.63) is 0 Å². The summed E-state index contributed by atoms with van der Waals surface area (Å²) < 4.78 is 0. The van der Waals surface area contributed by atoms with E-state index in [9.17, 15) is 9.59 Å². The lowest BCUT2D eigenvalue weighted by molar-refractivity contribution is -0.142. The molecule has 0 aromatic heterocycles. The lowest BCUT2D eigenvalue weighted by Crippen LogP contribution is -2.47. The molecule has 0 bridgehead atoms. The minimum absolute atomic E-state index is 0.0198. The van der Waals surface area contributed by atoms with E-state index in [1.54, 1.807) is 4.90 Å². The molecule has 2 amide bonds. The van der Waals surface area contributed by atoms with Gasteiger partial charge in [0.1, 0.15) is 0 Å². The van der Waals surface area contributed by atoms with Gasteiger partial charge in [-0.15, -0.1) is 0 Å². The Bertz CT molecular complexity index is 358. The van der Waals surface area contributed by atoms with Gasteiger partial charge in [0.05, 0.1) is 5.92 Å². The molecule has 2 aliphatic rings. The molecule has 2 rings (SSSR count). The number of nitrogens with zero attached hydrogens (tertiary/aromatic N) is 2. The predicted octanol–water partition coefficient (Wildman–Crippen LogP) is -0.746. The Morgan fingerprint density at radius 1 is 1.30 bits per heavy atom. The molecule has 2 unspecified atom stereocenters. The first-order valence-electron chi connectivity index (χ1n) is 7.26. The highest BCUT2D eigenvalue weighted by molar-refractivity contribution is 5.77. The van der Waals surface area contributed by atoms with Gasteiger partial charge in [-0.05, 0) is 5.92 Å². The predicted molar refractivity (Wildman–Crippen MR) is 74.6 cm³/mol. The van der Waals surface area contributed by atoms with Crippen LogP contribution in [0.25, 0.3) is 0 Å². The molecule has 0 saturated carbocycles. The van der Waals surface area contributed by atoms with Crippen LogP contribution >= 0.6 is 0 Å². The summed E-state index contributed by atoms with van der Waals surface area (Å²) in [4.78, 5) is 26.9. The molecule has 0 radical (unpaired) electrons. The number of rotatable bonds is 4. The van der Waals surface area contributed by atoms with Crippen LogP contribution in [0.15, 0.2) is 0 Å². The number of nitrogens with one attached hydrogen (secondary N) is 2. The van der Waals surface area contributed by atoms with Crippen molar-refractivity contribution in [1.29, 1.82) is 0 Å². The number of urea groups is 1. The molecule has 2 aliphatic heterocycles. The average molecular weight is 284 g/mol. The minimum Gasteiger partial charge on any atom is -0.481 e. The van der Waals surface area contributed by atoms with Crippen molar-refractivity contribution >= 4 is 12.0 Å². The van der Waals surface area contributed by atoms with Crippen LogP contribution in [-0.2, 0) is 4.79 Å². The zero-order chi connectivity index (χ0) is 14.5. The Balaban J connectivity index is 1.68. The first-order valence-corrected chi connectivity index (χ1v) is 7.26. The topological polar surface area (TPSA) is 84.9 Å². The van der Waals surface area contributed by atoms with Gasteiger partial charge < -0.3 is 20.6 Å². The van der Waals surface area contributed by atoms with Crippen LogP contribution in [0.4, 0.5) is 4.79 Å². The van der Waals surface area contributed by atoms with Gasteiger partial charge in [-0.1, -0.05) is 6.92 Å². The first kappa shape index (κ1) is 15.1. The molecule has 3 N–H and O–H groups in total. The number of carbonyl (C=O) groups is 2. The largest absolute Gasteiger partial charge is 0.481 e. The summed E-state index contributed by atoms with van der Waals surface area (Å²) in [6.45, 7) is 8.20. The Labute approximate surface area is 119 Å². The second kappa shape index (κ2) is 6.90. The molecule has 0 aromatic carbocycles. The molecule has 7 nitrogen and oxygen atoms in total. The molecule has 0 aromatic rings. The van der Waals surface area contributed by atoms with Crippen LogP contribution in [0.5, 0.6) is 0 Å². The van der Waals surface area contributed by atoms with E-state index >= 15 is 0 Å². The number of carboxylic acids is 1. The molecule has 2 atom stereocenters. The summed E-state index contributed by atoms with van der Waals surface area (Å²) in [6.07, 6.45) is 0. The number of carbonyl (C=O) groups excluding carboxylic acids is 1. The second-order valence-electron chi connectivity index (χ2n) is 5.65. The number of carboxylic acid groups (broad SMARTS) is 1. The molecule has 2 fully saturated rings. The third-order valence-corrected chi connectivity index (χ3v) is 4.13. The average Bonchev–Trinajstić information content (AvgIpc) is 2.82. The number of hydrogen-bond acceptors (Lipinski definition) is 4. The molecule has 7 heteroatoms. The molecular weight excluding hydrogens is 260 g/mol. The molecule has 2 heterocycles. The van der Waals surface area contributed by atoms with E-state index in [1.165, 1.54) is 0 Å². The van der Waals surface area contributed by atoms with E-state index in [1.807, 2.05) is 6.92 Å². The molecule has 0 spiro atoms. The monoisotopic (exact) mass is 284 g/mol. The van der Waals surface area contributed by atoms with E-state index < -0.39 is 11.9 Å². The fourth-order valence-corrected chi connectivity index (χ4v) is 2.82. The van der Waals surface area contributed by atoms with Crippen LogP contribution in [0.3, 0.4) is 0 Å². The normalized spacial score (nSPS) is 27.6. The van der Waals surface area contributed by atoms with Crippen LogP contribution in [-0.4, -0.2) is 79.3 Å². The third-order valence-electron chi connectivity index (χ3n) is 4.13. The van der Waals surface area contributed by atoms with Gasteiger partial charge in [0, 0.05) is 52.4 Å². The second-order valence-corrected chi connectivity index (χ2v) is 5.65. The lowest BCUT2D eigenvalue weighted by Gasteiger charge is -2.27. The molecule has 20 heavy (non-hydrogen) atoms. The molecule has 114 valence electrons. The Morgan fingerprint density at radius 3 is 2.60 bits per heavy atom. The van der Waals surface area contributed by atoms with Crippen LogP contribution < -0.4 is 10.6 Å². The van der Waals surface area contributed by atoms with Gasteiger partial charge in [-0.3, -0.25) is 9.69 Å². The molecule has 0 aliphatic carbocycles. The number of likely N-dealkylation sites (tertiary alicyclic amines) is 1. The summed E-state index contributed by atoms with van der Waals surface area (Å²) in [5, 5.41) is 15.2. The zero-order valence-electron chi connectivity index (χ0n) is 12.0. The van der Waals surface area contributed by atoms with Crippen LogP contribution in [0.2, 0.25) is 0 Å². The number of hydrogen-bond donors (Lipinski definition) is 3. The summed E-state index contributed by atoms with van der Waals surface area (Å²) in [5.41, 5.74) is 0. The highest BCUT2D eigenvalue weighted by Crippen LogP contribution is 2.22. The van der Waals surface area contributed by atoms with Crippen molar-refractivity contribution in [3.8, 4) is 0 Å². The Hall–Kier alpha value is -1.34. The van der Waals surface area contributed by atoms with Crippen LogP contribution in [0, 0.1) is 11.8 Å². The highest BCUT2D eigenvalue weighted by atomic mass is 16.4. The van der Waals surface area contributed by atoms with E-state index in [0.29, 0.717) is 19.6 Å². The quantitative estimate of drug-likeness (QED) is 0.633. The van der Waals surface area contributed by atoms with Crippen molar-refractivity contribution in [3.63, 3.8) is 0 Å². The fourth-order valence-electron chi connectivity index (χ4n) is 2.82. The fraction of sp³-hybridized carbons (Fsp3) is 0.846. The number of amides is 2. The van der Waals surface area contributed by atoms with Crippen LogP contribution in [0.1, 0.15) is 6.92 Å². The number of piperazine rings is 1. The maximum Gasteiger partial charge on any atom is 0.317 e. The zero-order valence-corrected chi connectivity index (χ0v) is 12.0. The standard InChI is InChI=1S/C13H24N4O3/c1-10-8-17(9-11(10)12(18)19)13(20)15-4-7-16-5-2-14-3-6-16/h10-11,14H,2-9H2,1H3,(H,15,20)(H,18,19). The van der Waals surface area contributed by atoms with Gasteiger partial charge in [-0.25, -0.2) is 4.79 Å². The van der Waals surface area contributed by atoms with Gasteiger partial charge in [0.15, 0.2) is 0 Å². The molecular formula is C13H24N4O3. The van der Waals surface area contributed by atoms with Gasteiger partial charge in [0.25, 0.3) is 0 Å². The lowest BCUT2D eigenvalue weighted by atomic mass is 9.99. The summed E-state index contributed by atoms with van der Waals surface area (Å²) in [7, 11) is 0.